The van der Waals surface area contributed by atoms with Gasteiger partial charge >= 0.3 is 12.1 Å². The fraction of sp³-hybridized carbons (Fsp3) is 0.250. The number of anilines is 1. The van der Waals surface area contributed by atoms with Crippen LogP contribution in [0.1, 0.15) is 51.6 Å². The molecule has 2 fully saturated rings. The predicted octanol–water partition coefficient (Wildman–Crippen LogP) is 5.40. The minimum absolute atomic E-state index is 0.0507. The summed E-state index contributed by atoms with van der Waals surface area (Å²) in [7, 11) is 3.02. The Balaban J connectivity index is 1.44. The number of primary amides is 1. The van der Waals surface area contributed by atoms with Crippen LogP contribution >= 0.6 is 0 Å². The van der Waals surface area contributed by atoms with E-state index >= 15 is 4.79 Å². The number of aliphatic hydroxyl groups is 1. The Labute approximate surface area is 352 Å². The summed E-state index contributed by atoms with van der Waals surface area (Å²) in [6, 6.07) is 34.1. The quantitative estimate of drug-likeness (QED) is 0.0996. The van der Waals surface area contributed by atoms with Crippen molar-refractivity contribution < 1.29 is 48.0 Å². The average molecular weight is 822 g/mol. The molecule has 3 N–H and O–H groups in total. The van der Waals surface area contributed by atoms with E-state index in [4.69, 9.17) is 29.4 Å². The summed E-state index contributed by atoms with van der Waals surface area (Å²) in [5, 5.41) is 9.93. The molecule has 0 bridgehead atoms. The number of rotatable bonds is 11. The number of aliphatic hydroxyl groups excluding tert-OH is 1. The van der Waals surface area contributed by atoms with Crippen LogP contribution in [0.5, 0.6) is 11.5 Å². The molecule has 61 heavy (non-hydrogen) atoms. The SMILES string of the molecule is COCCOC(=O)N1C(=O)[C@@]2(c3cc(C#Cc4ccc(OC)cc4)ccc31)[C@H](c1ccccc1OCCO)N1[C@H](c3ccccc3)[C@H](c3ccccc3)OC(=O)[C@H]1[C@@H]2C(N)=O. The summed E-state index contributed by atoms with van der Waals surface area (Å²) in [5.41, 5.74) is 7.61. The third kappa shape index (κ3) is 7.14. The van der Waals surface area contributed by atoms with Crippen LogP contribution in [0, 0.1) is 17.8 Å². The van der Waals surface area contributed by atoms with E-state index in [2.05, 4.69) is 11.8 Å². The minimum Gasteiger partial charge on any atom is -0.497 e. The van der Waals surface area contributed by atoms with Crippen molar-refractivity contribution in [2.24, 2.45) is 11.7 Å². The number of esters is 1. The molecule has 3 amide bonds. The van der Waals surface area contributed by atoms with Gasteiger partial charge in [0.1, 0.15) is 42.3 Å². The van der Waals surface area contributed by atoms with Gasteiger partial charge in [0.2, 0.25) is 11.8 Å². The van der Waals surface area contributed by atoms with Crippen LogP contribution in [0.2, 0.25) is 0 Å². The third-order valence-corrected chi connectivity index (χ3v) is 11.5. The molecule has 13 nitrogen and oxygen atoms in total. The van der Waals surface area contributed by atoms with Gasteiger partial charge in [-0.05, 0) is 65.2 Å². The van der Waals surface area contributed by atoms with E-state index in [9.17, 15) is 19.5 Å². The molecule has 5 aromatic carbocycles. The normalized spacial score (nSPS) is 22.7. The number of hydrogen-bond donors (Lipinski definition) is 2. The number of amides is 3. The van der Waals surface area contributed by atoms with Crippen LogP contribution in [0.15, 0.2) is 127 Å². The van der Waals surface area contributed by atoms with Gasteiger partial charge in [-0.25, -0.2) is 9.69 Å². The molecule has 6 atom stereocenters. The lowest BCUT2D eigenvalue weighted by Gasteiger charge is -2.46. The predicted molar refractivity (Wildman–Crippen MR) is 222 cm³/mol. The van der Waals surface area contributed by atoms with Crippen molar-refractivity contribution in [3.05, 3.63) is 161 Å². The maximum Gasteiger partial charge on any atom is 0.421 e. The van der Waals surface area contributed by atoms with E-state index in [1.165, 1.54) is 7.11 Å². The van der Waals surface area contributed by atoms with Crippen molar-refractivity contribution in [1.29, 1.82) is 0 Å². The molecule has 0 aliphatic carbocycles. The topological polar surface area (TPSA) is 167 Å². The highest BCUT2D eigenvalue weighted by molar-refractivity contribution is 6.23. The highest BCUT2D eigenvalue weighted by Gasteiger charge is 2.75. The number of nitrogens with zero attached hydrogens (tertiary/aromatic N) is 2. The molecule has 2 saturated heterocycles. The van der Waals surface area contributed by atoms with Crippen molar-refractivity contribution in [1.82, 2.24) is 4.90 Å². The van der Waals surface area contributed by atoms with Crippen molar-refractivity contribution >= 4 is 29.6 Å². The summed E-state index contributed by atoms with van der Waals surface area (Å²) in [4.78, 5) is 62.3. The highest BCUT2D eigenvalue weighted by atomic mass is 16.6. The molecule has 0 radical (unpaired) electrons. The van der Waals surface area contributed by atoms with Crippen LogP contribution in [0.25, 0.3) is 0 Å². The lowest BCUT2D eigenvalue weighted by atomic mass is 9.65. The molecule has 0 saturated carbocycles. The average Bonchev–Trinajstić information content (AvgIpc) is 3.74. The number of carbonyl (C=O) groups is 4. The first-order valence-corrected chi connectivity index (χ1v) is 19.7. The Bertz CT molecular complexity index is 2500. The van der Waals surface area contributed by atoms with Crippen LogP contribution in [-0.2, 0) is 34.0 Å². The van der Waals surface area contributed by atoms with Gasteiger partial charge in [-0.15, -0.1) is 0 Å². The highest BCUT2D eigenvalue weighted by Crippen LogP contribution is 2.66. The van der Waals surface area contributed by atoms with Gasteiger partial charge in [-0.1, -0.05) is 90.7 Å². The number of fused-ring (bicyclic) bond motifs is 3. The van der Waals surface area contributed by atoms with Crippen molar-refractivity contribution in [3.63, 3.8) is 0 Å². The van der Waals surface area contributed by atoms with Crippen LogP contribution in [0.3, 0.4) is 0 Å². The molecular weight excluding hydrogens is 779 g/mol. The van der Waals surface area contributed by atoms with Crippen LogP contribution in [-0.4, -0.2) is 80.6 Å². The summed E-state index contributed by atoms with van der Waals surface area (Å²) < 4.78 is 28.6. The van der Waals surface area contributed by atoms with Crippen molar-refractivity contribution in [2.75, 3.05) is 45.5 Å². The number of para-hydroxylation sites is 1. The van der Waals surface area contributed by atoms with Gasteiger partial charge in [0.05, 0.1) is 44.0 Å². The fourth-order valence-corrected chi connectivity index (χ4v) is 9.05. The number of carbonyl (C=O) groups excluding carboxylic acids is 4. The number of hydrogen-bond acceptors (Lipinski definition) is 11. The summed E-state index contributed by atoms with van der Waals surface area (Å²) >= 11 is 0. The molecular formula is C48H43N3O10. The third-order valence-electron chi connectivity index (χ3n) is 11.5. The Hall–Kier alpha value is -6.98. The molecule has 3 heterocycles. The molecule has 5 aromatic rings. The standard InChI is InChI=1S/C48H43N3O10/c1-57-27-28-60-47(56)50-37-24-21-31(18-17-30-19-22-34(58-2)23-20-30)29-36(37)48(46(50)55)39(44(49)53)41-45(54)61-42(33-13-7-4-8-14-33)40(32-11-5-3-6-12-32)51(41)43(48)35-15-9-10-16-38(35)59-26-25-52/h3-16,19-24,29,39-43,52H,25-28H2,1-2H3,(H2,49,53)/t39-,40-,41-,42+,43+,48-/m1/s1. The maximum absolute atomic E-state index is 16.0. The van der Waals surface area contributed by atoms with Gasteiger partial charge in [-0.2, -0.15) is 0 Å². The number of cyclic esters (lactones) is 1. The van der Waals surface area contributed by atoms with Gasteiger partial charge in [0.25, 0.3) is 0 Å². The second-order valence-electron chi connectivity index (χ2n) is 14.7. The maximum atomic E-state index is 16.0. The number of morpholine rings is 1. The van der Waals surface area contributed by atoms with E-state index in [0.717, 1.165) is 4.90 Å². The van der Waals surface area contributed by atoms with E-state index in [1.54, 1.807) is 73.8 Å². The van der Waals surface area contributed by atoms with Crippen molar-refractivity contribution in [3.8, 4) is 23.3 Å². The first-order valence-electron chi connectivity index (χ1n) is 19.7. The number of ether oxygens (including phenoxy) is 5. The zero-order valence-corrected chi connectivity index (χ0v) is 33.4. The molecule has 0 unspecified atom stereocenters. The summed E-state index contributed by atoms with van der Waals surface area (Å²) in [6.45, 7) is -0.559. The zero-order valence-electron chi connectivity index (χ0n) is 33.4. The van der Waals surface area contributed by atoms with E-state index < -0.39 is 59.4 Å². The van der Waals surface area contributed by atoms with Gasteiger partial charge < -0.3 is 34.5 Å². The van der Waals surface area contributed by atoms with Gasteiger partial charge in [-0.3, -0.25) is 19.3 Å². The Morgan fingerprint density at radius 3 is 2.11 bits per heavy atom. The lowest BCUT2D eigenvalue weighted by molar-refractivity contribution is -0.178. The number of benzene rings is 5. The molecule has 13 heteroatoms. The summed E-state index contributed by atoms with van der Waals surface area (Å²) in [6.07, 6.45) is -1.95. The monoisotopic (exact) mass is 821 g/mol. The zero-order chi connectivity index (χ0) is 42.7. The lowest BCUT2D eigenvalue weighted by Crippen LogP contribution is -2.55. The summed E-state index contributed by atoms with van der Waals surface area (Å²) in [5.74, 6) is 3.04. The first-order chi connectivity index (χ1) is 29.7. The Morgan fingerprint density at radius 2 is 1.44 bits per heavy atom. The van der Waals surface area contributed by atoms with Crippen LogP contribution < -0.4 is 20.1 Å². The molecule has 0 aromatic heterocycles. The van der Waals surface area contributed by atoms with Crippen molar-refractivity contribution in [2.45, 2.75) is 29.6 Å². The number of methoxy groups -OCH3 is 2. The second kappa shape index (κ2) is 17.3. The Kier molecular flexibility index (Phi) is 11.6. The molecule has 8 rings (SSSR count). The fourth-order valence-electron chi connectivity index (χ4n) is 9.05. The second-order valence-corrected chi connectivity index (χ2v) is 14.7. The number of imide groups is 1. The first kappa shape index (κ1) is 40.8. The smallest absolute Gasteiger partial charge is 0.421 e. The minimum atomic E-state index is -2.10. The van der Waals surface area contributed by atoms with E-state index in [0.29, 0.717) is 33.6 Å². The molecule has 3 aliphatic heterocycles. The molecule has 1 spiro atoms. The van der Waals surface area contributed by atoms with Gasteiger partial charge in [0.15, 0.2) is 0 Å². The largest absolute Gasteiger partial charge is 0.497 e. The molecule has 3 aliphatic rings. The Morgan fingerprint density at radius 1 is 0.787 bits per heavy atom. The number of nitrogens with two attached hydrogens (primary N) is 1. The molecule has 310 valence electrons. The van der Waals surface area contributed by atoms with Crippen LogP contribution in [0.4, 0.5) is 10.5 Å². The van der Waals surface area contributed by atoms with E-state index in [-0.39, 0.29) is 43.4 Å². The van der Waals surface area contributed by atoms with Gasteiger partial charge in [0, 0.05) is 23.8 Å². The van der Waals surface area contributed by atoms with E-state index in [1.807, 2.05) is 65.6 Å².